The Labute approximate surface area is 192 Å². The van der Waals surface area contributed by atoms with E-state index >= 15 is 0 Å². The van der Waals surface area contributed by atoms with Gasteiger partial charge in [0.05, 0.1) is 0 Å². The summed E-state index contributed by atoms with van der Waals surface area (Å²) < 4.78 is 2.14. The van der Waals surface area contributed by atoms with Crippen molar-refractivity contribution in [1.29, 1.82) is 5.26 Å². The SMILES string of the molecule is Cc1ccc(Cn2cc(/C=C(/C#N)C(=O)Nc3cccc(Cl)c3C)c3ccccc32)cc1. The van der Waals surface area contributed by atoms with Crippen molar-refractivity contribution in [2.24, 2.45) is 0 Å². The van der Waals surface area contributed by atoms with E-state index in [0.717, 1.165) is 22.0 Å². The number of hydrogen-bond donors (Lipinski definition) is 1. The summed E-state index contributed by atoms with van der Waals surface area (Å²) in [5.74, 6) is -0.465. The van der Waals surface area contributed by atoms with Crippen molar-refractivity contribution < 1.29 is 4.79 Å². The highest BCUT2D eigenvalue weighted by atomic mass is 35.5. The molecule has 32 heavy (non-hydrogen) atoms. The molecule has 0 saturated carbocycles. The first-order valence-corrected chi connectivity index (χ1v) is 10.7. The molecule has 4 rings (SSSR count). The molecular formula is C27H22ClN3O. The molecule has 1 N–H and O–H groups in total. The van der Waals surface area contributed by atoms with Crippen molar-refractivity contribution >= 4 is 40.2 Å². The van der Waals surface area contributed by atoms with Crippen LogP contribution in [0.25, 0.3) is 17.0 Å². The number of fused-ring (bicyclic) bond motifs is 1. The Morgan fingerprint density at radius 3 is 2.56 bits per heavy atom. The number of aryl methyl sites for hydroxylation is 1. The molecule has 0 saturated heterocycles. The predicted octanol–water partition coefficient (Wildman–Crippen LogP) is 6.51. The van der Waals surface area contributed by atoms with Crippen molar-refractivity contribution in [3.05, 3.63) is 106 Å². The van der Waals surface area contributed by atoms with Gasteiger partial charge in [-0.1, -0.05) is 65.7 Å². The van der Waals surface area contributed by atoms with Gasteiger partial charge in [0.2, 0.25) is 0 Å². The largest absolute Gasteiger partial charge is 0.342 e. The molecule has 0 fully saturated rings. The van der Waals surface area contributed by atoms with Gasteiger partial charge in [-0.25, -0.2) is 0 Å². The fraction of sp³-hybridized carbons (Fsp3) is 0.111. The molecule has 1 amide bonds. The van der Waals surface area contributed by atoms with Crippen LogP contribution in [-0.4, -0.2) is 10.5 Å². The van der Waals surface area contributed by atoms with E-state index in [2.05, 4.69) is 41.1 Å². The minimum atomic E-state index is -0.465. The molecule has 158 valence electrons. The Kier molecular flexibility index (Phi) is 6.11. The Morgan fingerprint density at radius 2 is 1.81 bits per heavy atom. The fourth-order valence-corrected chi connectivity index (χ4v) is 3.82. The smallest absolute Gasteiger partial charge is 0.266 e. The van der Waals surface area contributed by atoms with Crippen molar-refractivity contribution in [3.8, 4) is 6.07 Å². The van der Waals surface area contributed by atoms with E-state index in [0.29, 0.717) is 17.3 Å². The average Bonchev–Trinajstić information content (AvgIpc) is 3.14. The molecule has 0 unspecified atom stereocenters. The second-order valence-electron chi connectivity index (χ2n) is 7.75. The van der Waals surface area contributed by atoms with Crippen LogP contribution >= 0.6 is 11.6 Å². The molecule has 0 bridgehead atoms. The van der Waals surface area contributed by atoms with Crippen molar-refractivity contribution in [2.45, 2.75) is 20.4 Å². The third-order valence-corrected chi connectivity index (χ3v) is 5.88. The summed E-state index contributed by atoms with van der Waals surface area (Å²) >= 11 is 6.15. The molecule has 0 aliphatic heterocycles. The summed E-state index contributed by atoms with van der Waals surface area (Å²) in [6.07, 6.45) is 3.63. The summed E-state index contributed by atoms with van der Waals surface area (Å²) in [5.41, 5.74) is 5.64. The minimum Gasteiger partial charge on any atom is -0.342 e. The van der Waals surface area contributed by atoms with Gasteiger partial charge < -0.3 is 9.88 Å². The molecule has 1 aromatic heterocycles. The highest BCUT2D eigenvalue weighted by molar-refractivity contribution is 6.31. The van der Waals surface area contributed by atoms with Gasteiger partial charge in [-0.2, -0.15) is 5.26 Å². The second kappa shape index (κ2) is 9.13. The number of anilines is 1. The normalized spacial score (nSPS) is 11.4. The van der Waals surface area contributed by atoms with Gasteiger partial charge in [0, 0.05) is 39.9 Å². The lowest BCUT2D eigenvalue weighted by Gasteiger charge is -2.08. The molecule has 0 spiro atoms. The van der Waals surface area contributed by atoms with E-state index in [4.69, 9.17) is 11.6 Å². The van der Waals surface area contributed by atoms with Crippen LogP contribution in [0.15, 0.2) is 78.5 Å². The fourth-order valence-electron chi connectivity index (χ4n) is 3.65. The number of hydrogen-bond acceptors (Lipinski definition) is 2. The lowest BCUT2D eigenvalue weighted by atomic mass is 10.1. The van der Waals surface area contributed by atoms with Gasteiger partial charge >= 0.3 is 0 Å². The molecule has 0 radical (unpaired) electrons. The first kappa shape index (κ1) is 21.4. The summed E-state index contributed by atoms with van der Waals surface area (Å²) in [4.78, 5) is 12.8. The molecule has 5 heteroatoms. The number of nitrogens with zero attached hydrogens (tertiary/aromatic N) is 2. The molecular weight excluding hydrogens is 418 g/mol. The summed E-state index contributed by atoms with van der Waals surface area (Å²) in [6.45, 7) is 4.59. The molecule has 0 aliphatic rings. The molecule has 1 heterocycles. The molecule has 3 aromatic carbocycles. The number of rotatable bonds is 5. The molecule has 4 aromatic rings. The zero-order valence-electron chi connectivity index (χ0n) is 17.9. The quantitative estimate of drug-likeness (QED) is 0.285. The number of carbonyl (C=O) groups excluding carboxylic acids is 1. The van der Waals surface area contributed by atoms with Crippen LogP contribution in [0.3, 0.4) is 0 Å². The van der Waals surface area contributed by atoms with E-state index in [1.165, 1.54) is 11.1 Å². The van der Waals surface area contributed by atoms with Crippen LogP contribution in [0.1, 0.15) is 22.3 Å². The van der Waals surface area contributed by atoms with E-state index in [1.54, 1.807) is 24.3 Å². The third kappa shape index (κ3) is 4.44. The number of nitrogens with one attached hydrogen (secondary N) is 1. The molecule has 0 atom stereocenters. The van der Waals surface area contributed by atoms with Gasteiger partial charge in [0.1, 0.15) is 11.6 Å². The Bertz CT molecular complexity index is 1370. The number of halogens is 1. The van der Waals surface area contributed by atoms with E-state index in [1.807, 2.05) is 43.5 Å². The van der Waals surface area contributed by atoms with Crippen LogP contribution in [0.4, 0.5) is 5.69 Å². The van der Waals surface area contributed by atoms with Crippen LogP contribution in [-0.2, 0) is 11.3 Å². The topological polar surface area (TPSA) is 57.8 Å². The van der Waals surface area contributed by atoms with Crippen LogP contribution in [0.5, 0.6) is 0 Å². The van der Waals surface area contributed by atoms with Crippen molar-refractivity contribution in [1.82, 2.24) is 4.57 Å². The van der Waals surface area contributed by atoms with Gasteiger partial charge in [-0.15, -0.1) is 0 Å². The standard InChI is InChI=1S/C27H22ClN3O/c1-18-10-12-20(13-11-18)16-31-17-22(23-6-3-4-9-26(23)31)14-21(15-29)27(32)30-25-8-5-7-24(28)19(25)2/h3-14,17H,16H2,1-2H3,(H,30,32)/b21-14-. The monoisotopic (exact) mass is 439 g/mol. The van der Waals surface area contributed by atoms with E-state index in [9.17, 15) is 10.1 Å². The highest BCUT2D eigenvalue weighted by Gasteiger charge is 2.14. The van der Waals surface area contributed by atoms with Gasteiger partial charge in [-0.05, 0) is 49.2 Å². The van der Waals surface area contributed by atoms with Crippen LogP contribution in [0.2, 0.25) is 5.02 Å². The van der Waals surface area contributed by atoms with Crippen LogP contribution in [0, 0.1) is 25.2 Å². The lowest BCUT2D eigenvalue weighted by Crippen LogP contribution is -2.14. The molecule has 4 nitrogen and oxygen atoms in total. The highest BCUT2D eigenvalue weighted by Crippen LogP contribution is 2.26. The Balaban J connectivity index is 1.68. The number of benzene rings is 3. The first-order chi connectivity index (χ1) is 15.5. The Hall–Kier alpha value is -3.81. The van der Waals surface area contributed by atoms with Crippen LogP contribution < -0.4 is 5.32 Å². The average molecular weight is 440 g/mol. The van der Waals surface area contributed by atoms with Gasteiger partial charge in [-0.3, -0.25) is 4.79 Å². The molecule has 0 aliphatic carbocycles. The minimum absolute atomic E-state index is 0.0302. The maximum atomic E-state index is 12.8. The maximum absolute atomic E-state index is 12.8. The summed E-state index contributed by atoms with van der Waals surface area (Å²) in [7, 11) is 0. The number of amides is 1. The zero-order valence-corrected chi connectivity index (χ0v) is 18.6. The number of carbonyl (C=O) groups is 1. The van der Waals surface area contributed by atoms with Gasteiger partial charge in [0.15, 0.2) is 0 Å². The third-order valence-electron chi connectivity index (χ3n) is 5.47. The van der Waals surface area contributed by atoms with Gasteiger partial charge in [0.25, 0.3) is 5.91 Å². The van der Waals surface area contributed by atoms with E-state index < -0.39 is 5.91 Å². The lowest BCUT2D eigenvalue weighted by molar-refractivity contribution is -0.112. The number of nitriles is 1. The van der Waals surface area contributed by atoms with Crippen molar-refractivity contribution in [2.75, 3.05) is 5.32 Å². The summed E-state index contributed by atoms with van der Waals surface area (Å²) in [6, 6.07) is 23.7. The number of para-hydroxylation sites is 1. The Morgan fingerprint density at radius 1 is 1.06 bits per heavy atom. The zero-order chi connectivity index (χ0) is 22.7. The van der Waals surface area contributed by atoms with E-state index in [-0.39, 0.29) is 5.57 Å². The van der Waals surface area contributed by atoms with Crippen molar-refractivity contribution in [3.63, 3.8) is 0 Å². The predicted molar refractivity (Wildman–Crippen MR) is 131 cm³/mol. The maximum Gasteiger partial charge on any atom is 0.266 e. The first-order valence-electron chi connectivity index (χ1n) is 10.3. The summed E-state index contributed by atoms with van der Waals surface area (Å²) in [5, 5.41) is 14.0. The number of aromatic nitrogens is 1. The second-order valence-corrected chi connectivity index (χ2v) is 8.16.